The second-order valence-electron chi connectivity index (χ2n) is 1.57. The fourth-order valence-electron chi connectivity index (χ4n) is 0.385. The van der Waals surface area contributed by atoms with Gasteiger partial charge in [-0.1, -0.05) is 0 Å². The van der Waals surface area contributed by atoms with Crippen LogP contribution in [0, 0.1) is 5.41 Å². The van der Waals surface area contributed by atoms with E-state index in [4.69, 9.17) is 5.41 Å². The molecule has 1 N–H and O–H groups in total. The first kappa shape index (κ1) is 3.65. The van der Waals surface area contributed by atoms with E-state index in [9.17, 15) is 0 Å². The van der Waals surface area contributed by atoms with E-state index in [1.165, 1.54) is 0 Å². The standard InChI is InChI=1S/C4H8N2/c1-4(5)6-2-3-6/h5H,2-3H2,1H3. The Morgan fingerprint density at radius 1 is 1.67 bits per heavy atom. The molecule has 0 bridgehead atoms. The topological polar surface area (TPSA) is 26.9 Å². The van der Waals surface area contributed by atoms with Gasteiger partial charge in [-0.3, -0.25) is 5.41 Å². The van der Waals surface area contributed by atoms with Gasteiger partial charge >= 0.3 is 0 Å². The molecule has 0 saturated carbocycles. The average molecular weight is 84.1 g/mol. The Kier molecular flexibility index (Phi) is 0.587. The molecule has 0 spiro atoms. The monoisotopic (exact) mass is 84.1 g/mol. The van der Waals surface area contributed by atoms with Crippen molar-refractivity contribution in [2.45, 2.75) is 6.92 Å². The van der Waals surface area contributed by atoms with E-state index in [2.05, 4.69) is 0 Å². The molecule has 1 saturated heterocycles. The van der Waals surface area contributed by atoms with E-state index in [1.807, 2.05) is 11.8 Å². The van der Waals surface area contributed by atoms with Crippen molar-refractivity contribution in [3.05, 3.63) is 0 Å². The third kappa shape index (κ3) is 0.506. The summed E-state index contributed by atoms with van der Waals surface area (Å²) in [5.74, 6) is 0.704. The van der Waals surface area contributed by atoms with Gasteiger partial charge in [0.1, 0.15) is 0 Å². The normalized spacial score (nSPS) is 17.8. The van der Waals surface area contributed by atoms with Gasteiger partial charge in [-0.25, -0.2) is 0 Å². The highest BCUT2D eigenvalue weighted by atomic mass is 15.3. The summed E-state index contributed by atoms with van der Waals surface area (Å²) in [5, 5.41) is 6.94. The lowest BCUT2D eigenvalue weighted by molar-refractivity contribution is 0.828. The van der Waals surface area contributed by atoms with Gasteiger partial charge in [0.2, 0.25) is 0 Å². The smallest absolute Gasteiger partial charge is 0.0927 e. The second kappa shape index (κ2) is 0.965. The van der Waals surface area contributed by atoms with Crippen LogP contribution in [0.4, 0.5) is 0 Å². The predicted octanol–water partition coefficient (Wildman–Crippen LogP) is 0.299. The molecule has 0 atom stereocenters. The van der Waals surface area contributed by atoms with Crippen molar-refractivity contribution in [3.63, 3.8) is 0 Å². The van der Waals surface area contributed by atoms with E-state index in [-0.39, 0.29) is 0 Å². The molecule has 6 heavy (non-hydrogen) atoms. The maximum Gasteiger partial charge on any atom is 0.0927 e. The maximum absolute atomic E-state index is 6.94. The molecular formula is C4H8N2. The Hall–Kier alpha value is -0.530. The summed E-state index contributed by atoms with van der Waals surface area (Å²) >= 11 is 0. The molecule has 0 aromatic heterocycles. The second-order valence-corrected chi connectivity index (χ2v) is 1.57. The van der Waals surface area contributed by atoms with E-state index >= 15 is 0 Å². The highest BCUT2D eigenvalue weighted by Crippen LogP contribution is 2.01. The van der Waals surface area contributed by atoms with E-state index < -0.39 is 0 Å². The van der Waals surface area contributed by atoms with Crippen molar-refractivity contribution >= 4 is 5.84 Å². The van der Waals surface area contributed by atoms with Gasteiger partial charge in [0.05, 0.1) is 5.84 Å². The summed E-state index contributed by atoms with van der Waals surface area (Å²) in [6.45, 7) is 4.03. The van der Waals surface area contributed by atoms with Crippen LogP contribution in [0.2, 0.25) is 0 Å². The lowest BCUT2D eigenvalue weighted by Crippen LogP contribution is -2.01. The van der Waals surface area contributed by atoms with Crippen molar-refractivity contribution in [1.29, 1.82) is 5.41 Å². The van der Waals surface area contributed by atoms with Crippen LogP contribution in [0.15, 0.2) is 0 Å². The lowest BCUT2D eigenvalue weighted by atomic mass is 10.7. The Labute approximate surface area is 37.3 Å². The van der Waals surface area contributed by atoms with E-state index in [0.717, 1.165) is 13.1 Å². The Morgan fingerprint density at radius 3 is 2.17 bits per heavy atom. The number of hydrogen-bond acceptors (Lipinski definition) is 1. The number of nitrogens with zero attached hydrogens (tertiary/aromatic N) is 1. The molecule has 2 nitrogen and oxygen atoms in total. The summed E-state index contributed by atoms with van der Waals surface area (Å²) < 4.78 is 0. The molecule has 0 amide bonds. The number of rotatable bonds is 0. The van der Waals surface area contributed by atoms with E-state index in [0.29, 0.717) is 5.84 Å². The first-order valence-corrected chi connectivity index (χ1v) is 2.11. The summed E-state index contributed by atoms with van der Waals surface area (Å²) in [6.07, 6.45) is 0. The highest BCUT2D eigenvalue weighted by Gasteiger charge is 2.15. The van der Waals surface area contributed by atoms with Crippen LogP contribution in [0.3, 0.4) is 0 Å². The molecule has 1 heterocycles. The molecule has 0 aromatic carbocycles. The minimum atomic E-state index is 0.704. The van der Waals surface area contributed by atoms with Crippen molar-refractivity contribution in [3.8, 4) is 0 Å². The molecule has 0 radical (unpaired) electrons. The largest absolute Gasteiger partial charge is 0.357 e. The van der Waals surface area contributed by atoms with Gasteiger partial charge in [0.15, 0.2) is 0 Å². The van der Waals surface area contributed by atoms with Gasteiger partial charge in [-0.2, -0.15) is 0 Å². The Morgan fingerprint density at radius 2 is 2.17 bits per heavy atom. The lowest BCUT2D eigenvalue weighted by Gasteiger charge is -1.90. The number of hydrogen-bond donors (Lipinski definition) is 1. The van der Waals surface area contributed by atoms with Crippen LogP contribution in [0.5, 0.6) is 0 Å². The zero-order chi connectivity index (χ0) is 4.57. The number of nitrogens with one attached hydrogen (secondary N) is 1. The minimum absolute atomic E-state index is 0.704. The van der Waals surface area contributed by atoms with Crippen LogP contribution in [0.1, 0.15) is 6.92 Å². The van der Waals surface area contributed by atoms with Crippen molar-refractivity contribution < 1.29 is 0 Å². The molecular weight excluding hydrogens is 76.1 g/mol. The predicted molar refractivity (Wildman–Crippen MR) is 25.0 cm³/mol. The molecule has 0 aliphatic carbocycles. The Balaban J connectivity index is 2.31. The summed E-state index contributed by atoms with van der Waals surface area (Å²) in [6, 6.07) is 0. The Bertz CT molecular complexity index is 73.6. The van der Waals surface area contributed by atoms with Gasteiger partial charge < -0.3 is 4.90 Å². The highest BCUT2D eigenvalue weighted by molar-refractivity contribution is 5.78. The molecule has 0 aromatic rings. The fourth-order valence-corrected chi connectivity index (χ4v) is 0.385. The van der Waals surface area contributed by atoms with Gasteiger partial charge in [0.25, 0.3) is 0 Å². The zero-order valence-corrected chi connectivity index (χ0v) is 3.86. The van der Waals surface area contributed by atoms with Crippen LogP contribution < -0.4 is 0 Å². The first-order valence-electron chi connectivity index (χ1n) is 2.11. The SMILES string of the molecule is CC(=N)N1CC1. The van der Waals surface area contributed by atoms with Crippen LogP contribution in [-0.4, -0.2) is 23.8 Å². The summed E-state index contributed by atoms with van der Waals surface area (Å²) in [4.78, 5) is 2.00. The van der Waals surface area contributed by atoms with Crippen molar-refractivity contribution in [1.82, 2.24) is 4.90 Å². The first-order chi connectivity index (χ1) is 2.80. The molecule has 1 aliphatic heterocycles. The van der Waals surface area contributed by atoms with E-state index in [1.54, 1.807) is 0 Å². The van der Waals surface area contributed by atoms with Crippen molar-refractivity contribution in [2.75, 3.05) is 13.1 Å². The zero-order valence-electron chi connectivity index (χ0n) is 3.86. The average Bonchev–Trinajstić information content (AvgIpc) is 2.06. The van der Waals surface area contributed by atoms with Crippen molar-refractivity contribution in [2.24, 2.45) is 0 Å². The molecule has 1 aliphatic rings. The molecule has 1 fully saturated rings. The van der Waals surface area contributed by atoms with Gasteiger partial charge in [-0.05, 0) is 6.92 Å². The third-order valence-corrected chi connectivity index (χ3v) is 0.922. The summed E-state index contributed by atoms with van der Waals surface area (Å²) in [5.41, 5.74) is 0. The van der Waals surface area contributed by atoms with Crippen LogP contribution in [0.25, 0.3) is 0 Å². The molecule has 0 unspecified atom stereocenters. The summed E-state index contributed by atoms with van der Waals surface area (Å²) in [7, 11) is 0. The minimum Gasteiger partial charge on any atom is -0.357 e. The molecule has 34 valence electrons. The van der Waals surface area contributed by atoms with Gasteiger partial charge in [0, 0.05) is 13.1 Å². The van der Waals surface area contributed by atoms with Crippen LogP contribution >= 0.6 is 0 Å². The molecule has 2 heteroatoms. The fraction of sp³-hybridized carbons (Fsp3) is 0.750. The van der Waals surface area contributed by atoms with Gasteiger partial charge in [-0.15, -0.1) is 0 Å². The third-order valence-electron chi connectivity index (χ3n) is 0.922. The quantitative estimate of drug-likeness (QED) is 0.255. The van der Waals surface area contributed by atoms with Crippen LogP contribution in [-0.2, 0) is 0 Å². The number of amidine groups is 1. The molecule has 1 rings (SSSR count). The maximum atomic E-state index is 6.94.